The van der Waals surface area contributed by atoms with Crippen molar-refractivity contribution >= 4 is 29.6 Å². The van der Waals surface area contributed by atoms with Crippen LogP contribution in [0.15, 0.2) is 52.1 Å². The van der Waals surface area contributed by atoms with Gasteiger partial charge in [-0.1, -0.05) is 12.1 Å². The van der Waals surface area contributed by atoms with Crippen LogP contribution < -0.4 is 5.32 Å². The molecule has 1 unspecified atom stereocenters. The summed E-state index contributed by atoms with van der Waals surface area (Å²) in [5.41, 5.74) is -0.0623. The highest BCUT2D eigenvalue weighted by atomic mass is 32.1. The molecular formula is C22H23F3N4O4S. The molecule has 0 spiro atoms. The van der Waals surface area contributed by atoms with Gasteiger partial charge in [-0.25, -0.2) is 27.9 Å². The van der Waals surface area contributed by atoms with Crippen molar-refractivity contribution in [3.05, 3.63) is 63.5 Å². The maximum absolute atomic E-state index is 13.8. The van der Waals surface area contributed by atoms with Crippen molar-refractivity contribution in [2.75, 3.05) is 26.7 Å². The van der Waals surface area contributed by atoms with Crippen molar-refractivity contribution in [1.82, 2.24) is 15.2 Å². The van der Waals surface area contributed by atoms with E-state index in [1.165, 1.54) is 30.6 Å². The number of ether oxygens (including phenoxy) is 1. The molecule has 0 aliphatic carbocycles. The third-order valence-electron chi connectivity index (χ3n) is 5.45. The van der Waals surface area contributed by atoms with Gasteiger partial charge in [-0.3, -0.25) is 9.69 Å². The number of aromatic nitrogens is 1. The molecule has 2 N–H and O–H groups in total. The number of likely N-dealkylation sites (tertiary alicyclic amines) is 1. The van der Waals surface area contributed by atoms with E-state index in [2.05, 4.69) is 10.3 Å². The summed E-state index contributed by atoms with van der Waals surface area (Å²) in [6.45, 7) is 1.36. The lowest BCUT2D eigenvalue weighted by atomic mass is 9.82. The first kappa shape index (κ1) is 25.4. The number of carboxylic acid groups (broad SMARTS) is 1. The van der Waals surface area contributed by atoms with Gasteiger partial charge in [0, 0.05) is 36.8 Å². The third kappa shape index (κ3) is 5.45. The molecule has 4 rings (SSSR count). The Morgan fingerprint density at radius 2 is 2.03 bits per heavy atom. The second-order valence-electron chi connectivity index (χ2n) is 7.77. The van der Waals surface area contributed by atoms with Crippen LogP contribution in [-0.4, -0.2) is 65.9 Å². The maximum atomic E-state index is 13.8. The Labute approximate surface area is 197 Å². The zero-order valence-corrected chi connectivity index (χ0v) is 19.2. The standard InChI is InChI=1S/C21H21F3N4O2S.CH2O2/c1-20(13-3-5-14(22)6-4-13)16(19(29)30-2)15(11-28-9-7-21(23,24)12-28)26-17(27-20)18-25-8-10-31-18;2-1-3/h3-6,8,10H,7,9,11-12H2,1-2H3,(H,26,27);1H,(H,2,3). The molecule has 8 nitrogen and oxygen atoms in total. The summed E-state index contributed by atoms with van der Waals surface area (Å²) < 4.78 is 46.2. The molecule has 1 atom stereocenters. The minimum atomic E-state index is -2.77. The van der Waals surface area contributed by atoms with Crippen LogP contribution in [0, 0.1) is 5.82 Å². The number of amidine groups is 1. The summed E-state index contributed by atoms with van der Waals surface area (Å²) in [4.78, 5) is 31.9. The lowest BCUT2D eigenvalue weighted by Crippen LogP contribution is -2.44. The van der Waals surface area contributed by atoms with Crippen molar-refractivity contribution < 1.29 is 32.6 Å². The van der Waals surface area contributed by atoms with E-state index in [1.807, 2.05) is 0 Å². The summed E-state index contributed by atoms with van der Waals surface area (Å²) in [6, 6.07) is 5.68. The molecule has 2 aliphatic heterocycles. The molecule has 1 aromatic heterocycles. The van der Waals surface area contributed by atoms with Crippen molar-refractivity contribution in [2.45, 2.75) is 24.8 Å². The quantitative estimate of drug-likeness (QED) is 0.485. The Morgan fingerprint density at radius 1 is 1.35 bits per heavy atom. The number of methoxy groups -OCH3 is 1. The first-order valence-electron chi connectivity index (χ1n) is 10.2. The Kier molecular flexibility index (Phi) is 7.72. The molecule has 0 amide bonds. The van der Waals surface area contributed by atoms with Crippen molar-refractivity contribution in [3.8, 4) is 0 Å². The van der Waals surface area contributed by atoms with Crippen LogP contribution in [-0.2, 0) is 19.9 Å². The SMILES string of the molecule is COC(=O)C1=C(CN2CCC(F)(F)C2)NC(c2nccs2)=NC1(C)c1ccc(F)cc1.O=CO. The molecule has 3 heterocycles. The number of halogens is 3. The Morgan fingerprint density at radius 3 is 2.56 bits per heavy atom. The van der Waals surface area contributed by atoms with Crippen LogP contribution in [0.5, 0.6) is 0 Å². The highest BCUT2D eigenvalue weighted by molar-refractivity contribution is 7.11. The number of esters is 1. The molecule has 2 aliphatic rings. The van der Waals surface area contributed by atoms with E-state index in [0.717, 1.165) is 0 Å². The van der Waals surface area contributed by atoms with Crippen molar-refractivity contribution in [3.63, 3.8) is 0 Å². The van der Waals surface area contributed by atoms with Gasteiger partial charge in [0.15, 0.2) is 10.8 Å². The largest absolute Gasteiger partial charge is 0.483 e. The number of benzene rings is 1. The second kappa shape index (κ2) is 10.3. The molecule has 1 aromatic carbocycles. The predicted molar refractivity (Wildman–Crippen MR) is 119 cm³/mol. The number of rotatable bonds is 5. The monoisotopic (exact) mass is 496 g/mol. The first-order valence-corrected chi connectivity index (χ1v) is 11.0. The van der Waals surface area contributed by atoms with E-state index in [4.69, 9.17) is 19.6 Å². The normalized spacial score (nSPS) is 21.7. The number of alkyl halides is 2. The molecule has 0 saturated carbocycles. The number of thiazole rings is 1. The van der Waals surface area contributed by atoms with E-state index in [0.29, 0.717) is 22.1 Å². The van der Waals surface area contributed by atoms with E-state index in [9.17, 15) is 18.0 Å². The van der Waals surface area contributed by atoms with Crippen LogP contribution in [0.3, 0.4) is 0 Å². The fraction of sp³-hybridized carbons (Fsp3) is 0.364. The van der Waals surface area contributed by atoms with Gasteiger partial charge in [-0.05, 0) is 24.6 Å². The average Bonchev–Trinajstić information content (AvgIpc) is 3.44. The summed E-state index contributed by atoms with van der Waals surface area (Å²) >= 11 is 1.35. The number of nitrogens with zero attached hydrogens (tertiary/aromatic N) is 3. The minimum Gasteiger partial charge on any atom is -0.483 e. The fourth-order valence-electron chi connectivity index (χ4n) is 3.94. The fourth-order valence-corrected chi connectivity index (χ4v) is 4.52. The third-order valence-corrected chi connectivity index (χ3v) is 6.23. The Hall–Kier alpha value is -3.25. The molecule has 1 saturated heterocycles. The number of hydrogen-bond acceptors (Lipinski definition) is 8. The Balaban J connectivity index is 0.00000103. The van der Waals surface area contributed by atoms with Gasteiger partial charge in [0.2, 0.25) is 0 Å². The summed E-state index contributed by atoms with van der Waals surface area (Å²) in [6.07, 6.45) is 1.39. The predicted octanol–water partition coefficient (Wildman–Crippen LogP) is 3.02. The zero-order chi connectivity index (χ0) is 24.9. The lowest BCUT2D eigenvalue weighted by molar-refractivity contribution is -0.137. The maximum Gasteiger partial charge on any atom is 0.338 e. The highest BCUT2D eigenvalue weighted by Crippen LogP contribution is 2.39. The van der Waals surface area contributed by atoms with Gasteiger partial charge >= 0.3 is 5.97 Å². The summed E-state index contributed by atoms with van der Waals surface area (Å²) in [5.74, 6) is -3.42. The van der Waals surface area contributed by atoms with Gasteiger partial charge in [0.1, 0.15) is 11.4 Å². The van der Waals surface area contributed by atoms with Crippen molar-refractivity contribution in [2.24, 2.45) is 4.99 Å². The van der Waals surface area contributed by atoms with E-state index >= 15 is 0 Å². The molecule has 1 fully saturated rings. The van der Waals surface area contributed by atoms with Crippen LogP contribution in [0.25, 0.3) is 0 Å². The molecule has 0 bridgehead atoms. The van der Waals surface area contributed by atoms with Gasteiger partial charge in [-0.2, -0.15) is 0 Å². The topological polar surface area (TPSA) is 104 Å². The molecule has 34 heavy (non-hydrogen) atoms. The van der Waals surface area contributed by atoms with Crippen LogP contribution in [0.4, 0.5) is 13.2 Å². The van der Waals surface area contributed by atoms with Crippen LogP contribution in [0.2, 0.25) is 0 Å². The number of carbonyl (C=O) groups is 2. The zero-order valence-electron chi connectivity index (χ0n) is 18.4. The molecule has 182 valence electrons. The smallest absolute Gasteiger partial charge is 0.338 e. The molecule has 12 heteroatoms. The number of carbonyl (C=O) groups excluding carboxylic acids is 1. The lowest BCUT2D eigenvalue weighted by Gasteiger charge is -2.35. The summed E-state index contributed by atoms with van der Waals surface area (Å²) in [7, 11) is 1.25. The van der Waals surface area contributed by atoms with E-state index in [1.54, 1.807) is 35.5 Å². The van der Waals surface area contributed by atoms with E-state index < -0.39 is 29.8 Å². The van der Waals surface area contributed by atoms with Gasteiger partial charge in [0.25, 0.3) is 12.4 Å². The minimum absolute atomic E-state index is 0.0845. The van der Waals surface area contributed by atoms with E-state index in [-0.39, 0.29) is 31.6 Å². The highest BCUT2D eigenvalue weighted by Gasteiger charge is 2.44. The molecule has 0 radical (unpaired) electrons. The average molecular weight is 497 g/mol. The van der Waals surface area contributed by atoms with Gasteiger partial charge in [-0.15, -0.1) is 11.3 Å². The summed E-state index contributed by atoms with van der Waals surface area (Å²) in [5, 5.41) is 12.4. The first-order chi connectivity index (χ1) is 16.1. The van der Waals surface area contributed by atoms with Gasteiger partial charge in [0.05, 0.1) is 19.2 Å². The van der Waals surface area contributed by atoms with Crippen LogP contribution >= 0.6 is 11.3 Å². The van der Waals surface area contributed by atoms with Crippen molar-refractivity contribution in [1.29, 1.82) is 0 Å². The second-order valence-corrected chi connectivity index (χ2v) is 8.66. The molecular weight excluding hydrogens is 473 g/mol. The molecule has 2 aromatic rings. The van der Waals surface area contributed by atoms with Crippen LogP contribution in [0.1, 0.15) is 23.9 Å². The van der Waals surface area contributed by atoms with Gasteiger partial charge < -0.3 is 15.2 Å². The number of aliphatic imine (C=N–C) groups is 1. The number of nitrogens with one attached hydrogen (secondary N) is 1. The Bertz CT molecular complexity index is 1090. The number of hydrogen-bond donors (Lipinski definition) is 2.